The Labute approximate surface area is 253 Å². The SMILES string of the molecule is COc1cccc(C2C3=C(CC(C)(C)CC3=O)Nc3ccccc3N2CC(=O)N2CCN(c3ccccc3)CC2)c1OC. The monoisotopic (exact) mass is 580 g/mol. The van der Waals surface area contributed by atoms with Gasteiger partial charge in [0.1, 0.15) is 0 Å². The van der Waals surface area contributed by atoms with Crippen molar-refractivity contribution >= 4 is 28.8 Å². The average Bonchev–Trinajstić information content (AvgIpc) is 3.14. The van der Waals surface area contributed by atoms with Gasteiger partial charge in [-0.05, 0) is 42.2 Å². The summed E-state index contributed by atoms with van der Waals surface area (Å²) in [4.78, 5) is 34.6. The first-order chi connectivity index (χ1) is 20.8. The van der Waals surface area contributed by atoms with Gasteiger partial charge in [0.05, 0.1) is 38.2 Å². The molecular formula is C35H40N4O4. The highest BCUT2D eigenvalue weighted by Crippen LogP contribution is 2.50. The summed E-state index contributed by atoms with van der Waals surface area (Å²) in [6.45, 7) is 7.18. The van der Waals surface area contributed by atoms with Crippen molar-refractivity contribution in [2.75, 3.05) is 62.1 Å². The highest BCUT2D eigenvalue weighted by molar-refractivity contribution is 6.02. The molecule has 1 N–H and O–H groups in total. The molecule has 1 saturated heterocycles. The van der Waals surface area contributed by atoms with E-state index in [1.54, 1.807) is 14.2 Å². The Hall–Kier alpha value is -4.46. The van der Waals surface area contributed by atoms with E-state index in [-0.39, 0.29) is 23.7 Å². The van der Waals surface area contributed by atoms with Gasteiger partial charge in [-0.25, -0.2) is 0 Å². The predicted molar refractivity (Wildman–Crippen MR) is 170 cm³/mol. The lowest BCUT2D eigenvalue weighted by atomic mass is 9.73. The second kappa shape index (κ2) is 11.7. The van der Waals surface area contributed by atoms with Crippen LogP contribution >= 0.6 is 0 Å². The number of ether oxygens (including phenoxy) is 2. The fourth-order valence-electron chi connectivity index (χ4n) is 6.78. The summed E-state index contributed by atoms with van der Waals surface area (Å²) in [6, 6.07) is 23.5. The fraction of sp³-hybridized carbons (Fsp3) is 0.371. The van der Waals surface area contributed by atoms with Crippen LogP contribution in [-0.4, -0.2) is 63.5 Å². The number of carbonyl (C=O) groups excluding carboxylic acids is 2. The van der Waals surface area contributed by atoms with E-state index in [0.717, 1.165) is 35.7 Å². The number of para-hydroxylation sites is 4. The van der Waals surface area contributed by atoms with Crippen LogP contribution in [0.1, 0.15) is 38.3 Å². The summed E-state index contributed by atoms with van der Waals surface area (Å²) in [5.74, 6) is 1.25. The molecule has 3 aromatic carbocycles. The van der Waals surface area contributed by atoms with Gasteiger partial charge in [-0.15, -0.1) is 0 Å². The van der Waals surface area contributed by atoms with Crippen LogP contribution in [0.25, 0.3) is 0 Å². The molecule has 2 aliphatic heterocycles. The molecule has 1 unspecified atom stereocenters. The standard InChI is InChI=1S/C35H40N4O4/c1-35(2)21-27-32(29(40)22-35)33(25-13-10-16-30(42-3)34(25)43-4)39(28-15-9-8-14-26(28)36-27)23-31(41)38-19-17-37(18-20-38)24-11-6-5-7-12-24/h5-16,33,36H,17-23H2,1-4H3. The van der Waals surface area contributed by atoms with Crippen molar-refractivity contribution in [3.63, 3.8) is 0 Å². The first kappa shape index (κ1) is 28.6. The smallest absolute Gasteiger partial charge is 0.242 e. The van der Waals surface area contributed by atoms with E-state index in [0.29, 0.717) is 43.0 Å². The van der Waals surface area contributed by atoms with Gasteiger partial charge in [-0.2, -0.15) is 0 Å². The number of anilines is 3. The number of allylic oxidation sites excluding steroid dienone is 1. The average molecular weight is 581 g/mol. The Morgan fingerprint density at radius 2 is 1.60 bits per heavy atom. The van der Waals surface area contributed by atoms with E-state index in [1.165, 1.54) is 5.69 Å². The van der Waals surface area contributed by atoms with Gasteiger partial charge in [0.25, 0.3) is 0 Å². The van der Waals surface area contributed by atoms with Crippen LogP contribution < -0.4 is 24.6 Å². The Kier molecular flexibility index (Phi) is 7.77. The van der Waals surface area contributed by atoms with Crippen molar-refractivity contribution < 1.29 is 19.1 Å². The van der Waals surface area contributed by atoms with E-state index in [2.05, 4.69) is 41.1 Å². The van der Waals surface area contributed by atoms with E-state index in [9.17, 15) is 9.59 Å². The molecular weight excluding hydrogens is 540 g/mol. The second-order valence-electron chi connectivity index (χ2n) is 12.3. The molecule has 1 aliphatic carbocycles. The van der Waals surface area contributed by atoms with Crippen LogP contribution in [-0.2, 0) is 9.59 Å². The van der Waals surface area contributed by atoms with Gasteiger partial charge < -0.3 is 29.5 Å². The zero-order valence-electron chi connectivity index (χ0n) is 25.4. The Bertz CT molecular complexity index is 1540. The molecule has 0 radical (unpaired) electrons. The minimum absolute atomic E-state index is 0.0296. The molecule has 8 nitrogen and oxygen atoms in total. The molecule has 0 aromatic heterocycles. The molecule has 1 fully saturated rings. The third kappa shape index (κ3) is 5.54. The maximum Gasteiger partial charge on any atom is 0.242 e. The molecule has 43 heavy (non-hydrogen) atoms. The second-order valence-corrected chi connectivity index (χ2v) is 12.3. The van der Waals surface area contributed by atoms with E-state index >= 15 is 0 Å². The number of Topliss-reactive ketones (excluding diaryl/α,β-unsaturated/α-hetero) is 1. The Morgan fingerprint density at radius 1 is 0.884 bits per heavy atom. The zero-order chi connectivity index (χ0) is 30.1. The van der Waals surface area contributed by atoms with Crippen LogP contribution in [0, 0.1) is 5.41 Å². The van der Waals surface area contributed by atoms with Crippen LogP contribution in [0.2, 0.25) is 0 Å². The molecule has 0 bridgehead atoms. The van der Waals surface area contributed by atoms with E-state index in [4.69, 9.17) is 9.47 Å². The topological polar surface area (TPSA) is 74.4 Å². The first-order valence-corrected chi connectivity index (χ1v) is 15.0. The van der Waals surface area contributed by atoms with Gasteiger partial charge in [0, 0.05) is 55.1 Å². The van der Waals surface area contributed by atoms with Crippen LogP contribution in [0.5, 0.6) is 11.5 Å². The maximum absolute atomic E-state index is 14.1. The quantitative estimate of drug-likeness (QED) is 0.403. The number of ketones is 1. The fourth-order valence-corrected chi connectivity index (χ4v) is 6.78. The molecule has 8 heteroatoms. The number of rotatable bonds is 6. The minimum Gasteiger partial charge on any atom is -0.493 e. The van der Waals surface area contributed by atoms with Crippen molar-refractivity contribution in [3.05, 3.63) is 89.6 Å². The molecule has 3 aromatic rings. The summed E-state index contributed by atoms with van der Waals surface area (Å²) >= 11 is 0. The number of nitrogens with one attached hydrogen (secondary N) is 1. The van der Waals surface area contributed by atoms with Gasteiger partial charge in [0.2, 0.25) is 5.91 Å². The minimum atomic E-state index is -0.547. The number of carbonyl (C=O) groups is 2. The highest BCUT2D eigenvalue weighted by atomic mass is 16.5. The lowest BCUT2D eigenvalue weighted by Crippen LogP contribution is -2.52. The van der Waals surface area contributed by atoms with Crippen LogP contribution in [0.15, 0.2) is 84.1 Å². The molecule has 1 amide bonds. The number of methoxy groups -OCH3 is 2. The van der Waals surface area contributed by atoms with Crippen LogP contribution in [0.4, 0.5) is 17.1 Å². The number of nitrogens with zero attached hydrogens (tertiary/aromatic N) is 3. The van der Waals surface area contributed by atoms with Crippen molar-refractivity contribution in [3.8, 4) is 11.5 Å². The first-order valence-electron chi connectivity index (χ1n) is 15.0. The molecule has 0 saturated carbocycles. The molecule has 2 heterocycles. The summed E-state index contributed by atoms with van der Waals surface area (Å²) in [6.07, 6.45) is 1.14. The Balaban J connectivity index is 1.41. The van der Waals surface area contributed by atoms with Gasteiger partial charge in [0.15, 0.2) is 17.3 Å². The molecule has 0 spiro atoms. The van der Waals surface area contributed by atoms with E-state index < -0.39 is 6.04 Å². The number of amides is 1. The highest BCUT2D eigenvalue weighted by Gasteiger charge is 2.43. The molecule has 3 aliphatic rings. The molecule has 1 atom stereocenters. The molecule has 224 valence electrons. The summed E-state index contributed by atoms with van der Waals surface area (Å²) in [5, 5.41) is 3.63. The van der Waals surface area contributed by atoms with Gasteiger partial charge in [-0.3, -0.25) is 9.59 Å². The summed E-state index contributed by atoms with van der Waals surface area (Å²) in [5.41, 5.74) is 5.11. The Morgan fingerprint density at radius 3 is 2.33 bits per heavy atom. The lowest BCUT2D eigenvalue weighted by Gasteiger charge is -2.40. The number of benzene rings is 3. The number of hydrogen-bond donors (Lipinski definition) is 1. The van der Waals surface area contributed by atoms with Crippen molar-refractivity contribution in [1.82, 2.24) is 4.90 Å². The van der Waals surface area contributed by atoms with Crippen molar-refractivity contribution in [1.29, 1.82) is 0 Å². The van der Waals surface area contributed by atoms with Gasteiger partial charge in [-0.1, -0.05) is 56.3 Å². The maximum atomic E-state index is 14.1. The summed E-state index contributed by atoms with van der Waals surface area (Å²) < 4.78 is 11.6. The predicted octanol–water partition coefficient (Wildman–Crippen LogP) is 5.67. The normalized spacial score (nSPS) is 19.7. The van der Waals surface area contributed by atoms with Gasteiger partial charge >= 0.3 is 0 Å². The number of hydrogen-bond acceptors (Lipinski definition) is 7. The number of piperazine rings is 1. The molecule has 6 rings (SSSR count). The van der Waals surface area contributed by atoms with Crippen molar-refractivity contribution in [2.24, 2.45) is 5.41 Å². The third-order valence-corrected chi connectivity index (χ3v) is 8.79. The van der Waals surface area contributed by atoms with E-state index in [1.807, 2.05) is 65.6 Å². The third-order valence-electron chi connectivity index (χ3n) is 8.79. The summed E-state index contributed by atoms with van der Waals surface area (Å²) in [7, 11) is 3.23. The largest absolute Gasteiger partial charge is 0.493 e. The number of fused-ring (bicyclic) bond motifs is 1. The zero-order valence-corrected chi connectivity index (χ0v) is 25.4. The lowest BCUT2D eigenvalue weighted by molar-refractivity contribution is -0.130. The van der Waals surface area contributed by atoms with Crippen LogP contribution in [0.3, 0.4) is 0 Å². The van der Waals surface area contributed by atoms with Crippen molar-refractivity contribution in [2.45, 2.75) is 32.7 Å².